The summed E-state index contributed by atoms with van der Waals surface area (Å²) >= 11 is 0. The van der Waals surface area contributed by atoms with Crippen molar-refractivity contribution in [3.8, 4) is 17.6 Å². The number of nitrogens with zero attached hydrogens (tertiary/aromatic N) is 1. The van der Waals surface area contributed by atoms with Crippen LogP contribution in [0.15, 0.2) is 42.5 Å². The Bertz CT molecular complexity index is 751. The van der Waals surface area contributed by atoms with E-state index in [1.807, 2.05) is 12.1 Å². The van der Waals surface area contributed by atoms with E-state index in [0.29, 0.717) is 22.7 Å². The van der Waals surface area contributed by atoms with Gasteiger partial charge in [-0.15, -0.1) is 0 Å². The van der Waals surface area contributed by atoms with E-state index in [1.54, 1.807) is 57.5 Å². The number of nitrogens with one attached hydrogen (secondary N) is 2. The average Bonchev–Trinajstić information content (AvgIpc) is 2.62. The number of anilines is 2. The van der Waals surface area contributed by atoms with Crippen molar-refractivity contribution >= 4 is 17.3 Å². The molecule has 2 aromatic carbocycles. The molecule has 6 nitrogen and oxygen atoms in total. The fourth-order valence-electron chi connectivity index (χ4n) is 2.12. The van der Waals surface area contributed by atoms with E-state index in [-0.39, 0.29) is 5.91 Å². The van der Waals surface area contributed by atoms with E-state index in [0.717, 1.165) is 5.69 Å². The van der Waals surface area contributed by atoms with Crippen molar-refractivity contribution in [1.29, 1.82) is 5.26 Å². The van der Waals surface area contributed by atoms with Gasteiger partial charge in [-0.05, 0) is 43.3 Å². The van der Waals surface area contributed by atoms with Gasteiger partial charge in [0.1, 0.15) is 6.04 Å². The molecule has 1 amide bonds. The molecule has 0 aliphatic rings. The van der Waals surface area contributed by atoms with Gasteiger partial charge in [-0.1, -0.05) is 0 Å². The van der Waals surface area contributed by atoms with E-state index in [2.05, 4.69) is 10.6 Å². The van der Waals surface area contributed by atoms with E-state index in [1.165, 1.54) is 0 Å². The molecule has 1 atom stereocenters. The predicted molar refractivity (Wildman–Crippen MR) is 92.4 cm³/mol. The highest BCUT2D eigenvalue weighted by atomic mass is 16.5. The summed E-state index contributed by atoms with van der Waals surface area (Å²) in [5.41, 5.74) is 1.93. The molecular weight excluding hydrogens is 306 g/mol. The lowest BCUT2D eigenvalue weighted by atomic mass is 10.2. The second-order valence-corrected chi connectivity index (χ2v) is 5.11. The number of nitriles is 1. The minimum atomic E-state index is -0.459. The van der Waals surface area contributed by atoms with Crippen molar-refractivity contribution < 1.29 is 14.3 Å². The van der Waals surface area contributed by atoms with Gasteiger partial charge in [0.15, 0.2) is 11.5 Å². The monoisotopic (exact) mass is 325 g/mol. The highest BCUT2D eigenvalue weighted by Gasteiger charge is 2.14. The highest BCUT2D eigenvalue weighted by Crippen LogP contribution is 2.30. The summed E-state index contributed by atoms with van der Waals surface area (Å²) in [6.45, 7) is 1.76. The van der Waals surface area contributed by atoms with Gasteiger partial charge in [0.05, 0.1) is 25.9 Å². The van der Waals surface area contributed by atoms with Crippen molar-refractivity contribution in [3.05, 3.63) is 48.0 Å². The molecule has 0 aliphatic heterocycles. The number of hydrogen-bond acceptors (Lipinski definition) is 5. The topological polar surface area (TPSA) is 83.4 Å². The van der Waals surface area contributed by atoms with Crippen molar-refractivity contribution in [2.75, 3.05) is 24.9 Å². The largest absolute Gasteiger partial charge is 0.493 e. The Hall–Kier alpha value is -3.20. The number of hydrogen-bond donors (Lipinski definition) is 2. The summed E-state index contributed by atoms with van der Waals surface area (Å²) in [4.78, 5) is 12.3. The van der Waals surface area contributed by atoms with Gasteiger partial charge in [-0.25, -0.2) is 0 Å². The van der Waals surface area contributed by atoms with Crippen LogP contribution in [-0.4, -0.2) is 26.2 Å². The quantitative estimate of drug-likeness (QED) is 0.853. The zero-order valence-electron chi connectivity index (χ0n) is 13.8. The van der Waals surface area contributed by atoms with Gasteiger partial charge < -0.3 is 20.1 Å². The molecule has 0 radical (unpaired) electrons. The summed E-state index contributed by atoms with van der Waals surface area (Å²) in [6.07, 6.45) is 0. The summed E-state index contributed by atoms with van der Waals surface area (Å²) in [5, 5.41) is 14.7. The molecule has 24 heavy (non-hydrogen) atoms. The Labute approximate surface area is 141 Å². The number of benzene rings is 2. The minimum Gasteiger partial charge on any atom is -0.493 e. The Kier molecular flexibility index (Phi) is 5.63. The van der Waals surface area contributed by atoms with Crippen LogP contribution in [0, 0.1) is 11.3 Å². The van der Waals surface area contributed by atoms with Crippen LogP contribution in [0.1, 0.15) is 12.5 Å². The van der Waals surface area contributed by atoms with Crippen LogP contribution in [0.4, 0.5) is 11.4 Å². The lowest BCUT2D eigenvalue weighted by Crippen LogP contribution is -2.31. The Morgan fingerprint density at radius 1 is 1.04 bits per heavy atom. The van der Waals surface area contributed by atoms with E-state index in [9.17, 15) is 4.79 Å². The third-order valence-electron chi connectivity index (χ3n) is 3.44. The van der Waals surface area contributed by atoms with Crippen LogP contribution < -0.4 is 20.1 Å². The Morgan fingerprint density at radius 2 is 1.67 bits per heavy atom. The molecule has 0 bridgehead atoms. The third-order valence-corrected chi connectivity index (χ3v) is 3.44. The van der Waals surface area contributed by atoms with Gasteiger partial charge >= 0.3 is 0 Å². The fraction of sp³-hybridized carbons (Fsp3) is 0.222. The first-order valence-electron chi connectivity index (χ1n) is 7.37. The van der Waals surface area contributed by atoms with Crippen LogP contribution in [0.5, 0.6) is 11.5 Å². The van der Waals surface area contributed by atoms with Crippen molar-refractivity contribution in [1.82, 2.24) is 0 Å². The summed E-state index contributed by atoms with van der Waals surface area (Å²) in [6, 6.07) is 13.6. The molecule has 0 aromatic heterocycles. The van der Waals surface area contributed by atoms with Gasteiger partial charge in [0.2, 0.25) is 5.91 Å². The SMILES string of the molecule is COc1ccc(N[C@H](C)C(=O)Nc2ccc(C#N)cc2)cc1OC. The zero-order chi connectivity index (χ0) is 17.5. The van der Waals surface area contributed by atoms with Crippen molar-refractivity contribution in [3.63, 3.8) is 0 Å². The number of carbonyl (C=O) groups excluding carboxylic acids is 1. The molecule has 2 N–H and O–H groups in total. The predicted octanol–water partition coefficient (Wildman–Crippen LogP) is 3.01. The normalized spacial score (nSPS) is 11.1. The molecule has 0 unspecified atom stereocenters. The van der Waals surface area contributed by atoms with Gasteiger partial charge in [-0.2, -0.15) is 5.26 Å². The van der Waals surface area contributed by atoms with Gasteiger partial charge in [0.25, 0.3) is 0 Å². The number of methoxy groups -OCH3 is 2. The maximum Gasteiger partial charge on any atom is 0.246 e. The second-order valence-electron chi connectivity index (χ2n) is 5.11. The van der Waals surface area contributed by atoms with Crippen LogP contribution in [-0.2, 0) is 4.79 Å². The van der Waals surface area contributed by atoms with Crippen molar-refractivity contribution in [2.45, 2.75) is 13.0 Å². The molecule has 2 rings (SSSR count). The number of rotatable bonds is 6. The molecular formula is C18H19N3O3. The zero-order valence-corrected chi connectivity index (χ0v) is 13.8. The number of amides is 1. The van der Waals surface area contributed by atoms with Crippen LogP contribution in [0.3, 0.4) is 0 Å². The molecule has 124 valence electrons. The fourth-order valence-corrected chi connectivity index (χ4v) is 2.12. The van der Waals surface area contributed by atoms with Gasteiger partial charge in [0, 0.05) is 17.4 Å². The summed E-state index contributed by atoms with van der Waals surface area (Å²) < 4.78 is 10.4. The highest BCUT2D eigenvalue weighted by molar-refractivity contribution is 5.96. The summed E-state index contributed by atoms with van der Waals surface area (Å²) in [7, 11) is 3.13. The van der Waals surface area contributed by atoms with Gasteiger partial charge in [-0.3, -0.25) is 4.79 Å². The minimum absolute atomic E-state index is 0.186. The molecule has 0 spiro atoms. The van der Waals surface area contributed by atoms with Crippen LogP contribution >= 0.6 is 0 Å². The average molecular weight is 325 g/mol. The van der Waals surface area contributed by atoms with Crippen LogP contribution in [0.25, 0.3) is 0 Å². The van der Waals surface area contributed by atoms with E-state index < -0.39 is 6.04 Å². The third kappa shape index (κ3) is 4.17. The second kappa shape index (κ2) is 7.88. The Balaban J connectivity index is 2.01. The molecule has 0 aliphatic carbocycles. The molecule has 2 aromatic rings. The molecule has 0 fully saturated rings. The van der Waals surface area contributed by atoms with E-state index in [4.69, 9.17) is 14.7 Å². The lowest BCUT2D eigenvalue weighted by Gasteiger charge is -2.16. The molecule has 0 heterocycles. The molecule has 0 saturated heterocycles. The summed E-state index contributed by atoms with van der Waals surface area (Å²) in [5.74, 6) is 1.02. The number of ether oxygens (including phenoxy) is 2. The maximum absolute atomic E-state index is 12.3. The standard InChI is InChI=1S/C18H19N3O3/c1-12(18(22)21-14-6-4-13(11-19)5-7-14)20-15-8-9-16(23-2)17(10-15)24-3/h4-10,12,20H,1-3H3,(H,21,22)/t12-/m1/s1. The number of carbonyl (C=O) groups is 1. The van der Waals surface area contributed by atoms with Crippen LogP contribution in [0.2, 0.25) is 0 Å². The Morgan fingerprint density at radius 3 is 2.25 bits per heavy atom. The first-order valence-corrected chi connectivity index (χ1v) is 7.37. The smallest absolute Gasteiger partial charge is 0.246 e. The molecule has 6 heteroatoms. The maximum atomic E-state index is 12.3. The first kappa shape index (κ1) is 17.2. The van der Waals surface area contributed by atoms with E-state index >= 15 is 0 Å². The lowest BCUT2D eigenvalue weighted by molar-refractivity contribution is -0.116. The first-order chi connectivity index (χ1) is 11.6. The van der Waals surface area contributed by atoms with Crippen molar-refractivity contribution in [2.24, 2.45) is 0 Å². The molecule has 0 saturated carbocycles.